The van der Waals surface area contributed by atoms with E-state index in [1.165, 1.54) is 25.2 Å². The van der Waals surface area contributed by atoms with Gasteiger partial charge in [0.1, 0.15) is 6.07 Å². The van der Waals surface area contributed by atoms with E-state index in [4.69, 9.17) is 11.0 Å². The molecule has 0 aromatic heterocycles. The molecular weight excluding hydrogens is 225 g/mol. The third-order valence-corrected chi connectivity index (χ3v) is 2.85. The zero-order valence-electron chi connectivity index (χ0n) is 9.86. The fourth-order valence-corrected chi connectivity index (χ4v) is 1.52. The summed E-state index contributed by atoms with van der Waals surface area (Å²) in [6.45, 7) is 2.94. The van der Waals surface area contributed by atoms with E-state index in [0.29, 0.717) is 0 Å². The Morgan fingerprint density at radius 1 is 1.59 bits per heavy atom. The predicted molar refractivity (Wildman–Crippen MR) is 57.9 cm³/mol. The van der Waals surface area contributed by atoms with Crippen molar-refractivity contribution >= 4 is 11.8 Å². The fraction of sp³-hybridized carbons (Fsp3) is 0.636. The first-order valence-electron chi connectivity index (χ1n) is 5.25. The molecule has 0 unspecified atom stereocenters. The maximum atomic E-state index is 13.6. The third kappa shape index (κ3) is 2.93. The van der Waals surface area contributed by atoms with Crippen LogP contribution in [0.5, 0.6) is 0 Å². The molecule has 0 saturated carbocycles. The highest BCUT2D eigenvalue weighted by molar-refractivity contribution is 5.94. The van der Waals surface area contributed by atoms with Crippen LogP contribution < -0.4 is 5.73 Å². The summed E-state index contributed by atoms with van der Waals surface area (Å²) in [6.07, 6.45) is 1.17. The van der Waals surface area contributed by atoms with Crippen LogP contribution in [0.2, 0.25) is 0 Å². The predicted octanol–water partition coefficient (Wildman–Crippen LogP) is 0.166. The summed E-state index contributed by atoms with van der Waals surface area (Å²) < 4.78 is 13.6. The maximum absolute atomic E-state index is 13.6. The van der Waals surface area contributed by atoms with Gasteiger partial charge in [-0.3, -0.25) is 9.59 Å². The van der Waals surface area contributed by atoms with E-state index in [1.807, 2.05) is 0 Å². The lowest BCUT2D eigenvalue weighted by atomic mass is 9.88. The molecule has 5 nitrogen and oxygen atoms in total. The van der Waals surface area contributed by atoms with Gasteiger partial charge >= 0.3 is 0 Å². The molecule has 2 N–H and O–H groups in total. The van der Waals surface area contributed by atoms with E-state index < -0.39 is 22.9 Å². The van der Waals surface area contributed by atoms with E-state index in [1.54, 1.807) is 6.07 Å². The van der Waals surface area contributed by atoms with Gasteiger partial charge in [-0.1, -0.05) is 13.8 Å². The van der Waals surface area contributed by atoms with Gasteiger partial charge in [0.05, 0.1) is 18.4 Å². The summed E-state index contributed by atoms with van der Waals surface area (Å²) in [6, 6.07) is 1.54. The molecule has 0 bridgehead atoms. The Hall–Kier alpha value is -1.64. The number of alkyl halides is 1. The van der Waals surface area contributed by atoms with Gasteiger partial charge in [-0.2, -0.15) is 5.26 Å². The Morgan fingerprint density at radius 2 is 2.18 bits per heavy atom. The largest absolute Gasteiger partial charge is 0.369 e. The van der Waals surface area contributed by atoms with E-state index in [2.05, 4.69) is 0 Å². The van der Waals surface area contributed by atoms with Crippen molar-refractivity contribution < 1.29 is 14.0 Å². The normalized spacial score (nSPS) is 24.5. The maximum Gasteiger partial charge on any atom is 0.227 e. The van der Waals surface area contributed by atoms with Gasteiger partial charge in [0.2, 0.25) is 17.5 Å². The van der Waals surface area contributed by atoms with Gasteiger partial charge < -0.3 is 10.6 Å². The Labute approximate surface area is 99.4 Å². The van der Waals surface area contributed by atoms with Gasteiger partial charge in [-0.25, -0.2) is 4.39 Å². The molecule has 0 aromatic rings. The number of primary amides is 1. The molecule has 2 amide bonds. The molecule has 6 heteroatoms. The monoisotopic (exact) mass is 240 g/mol. The molecular formula is C11H15FN3O2. The van der Waals surface area contributed by atoms with Gasteiger partial charge in [0.15, 0.2) is 0 Å². The minimum absolute atomic E-state index is 0.0000794. The Bertz CT molecular complexity index is 389. The van der Waals surface area contributed by atoms with Crippen LogP contribution in [0.15, 0.2) is 0 Å². The van der Waals surface area contributed by atoms with Crippen LogP contribution in [-0.4, -0.2) is 35.5 Å². The third-order valence-electron chi connectivity index (χ3n) is 2.85. The van der Waals surface area contributed by atoms with Crippen molar-refractivity contribution in [2.75, 3.05) is 13.1 Å². The molecule has 0 aromatic carbocycles. The lowest BCUT2D eigenvalue weighted by Crippen LogP contribution is -2.40. The van der Waals surface area contributed by atoms with Crippen LogP contribution >= 0.6 is 0 Å². The highest BCUT2D eigenvalue weighted by atomic mass is 19.1. The average molecular weight is 240 g/mol. The molecule has 1 rings (SSSR count). The second kappa shape index (κ2) is 4.32. The fourth-order valence-electron chi connectivity index (χ4n) is 1.52. The van der Waals surface area contributed by atoms with Crippen LogP contribution in [-0.2, 0) is 9.59 Å². The first-order chi connectivity index (χ1) is 7.70. The molecule has 1 radical (unpaired) electrons. The summed E-state index contributed by atoms with van der Waals surface area (Å²) in [5.41, 5.74) is 2.08. The number of carbonyl (C=O) groups is 2. The van der Waals surface area contributed by atoms with E-state index >= 15 is 0 Å². The molecule has 1 fully saturated rings. The minimum atomic E-state index is -1.97. The molecule has 0 spiro atoms. The molecule has 17 heavy (non-hydrogen) atoms. The van der Waals surface area contributed by atoms with E-state index in [9.17, 15) is 14.0 Å². The minimum Gasteiger partial charge on any atom is -0.369 e. The highest BCUT2D eigenvalue weighted by Gasteiger charge is 2.42. The van der Waals surface area contributed by atoms with Crippen LogP contribution in [0, 0.1) is 23.2 Å². The number of carbonyl (C=O) groups excluding carboxylic acids is 2. The van der Waals surface area contributed by atoms with Crippen molar-refractivity contribution in [3.05, 3.63) is 6.42 Å². The van der Waals surface area contributed by atoms with Crippen LogP contribution in [0.25, 0.3) is 0 Å². The average Bonchev–Trinajstić information content (AvgIpc) is 2.61. The van der Waals surface area contributed by atoms with Gasteiger partial charge in [-0.15, -0.1) is 0 Å². The number of nitrogens with two attached hydrogens (primary N) is 1. The van der Waals surface area contributed by atoms with E-state index in [-0.39, 0.29) is 19.5 Å². The van der Waals surface area contributed by atoms with Crippen LogP contribution in [0.4, 0.5) is 4.39 Å². The SMILES string of the molecule is CC(C)([CH]C(=O)N1CC[C@](F)(C#N)C1)C(N)=O. The second-order valence-electron chi connectivity index (χ2n) is 4.82. The topological polar surface area (TPSA) is 87.2 Å². The summed E-state index contributed by atoms with van der Waals surface area (Å²) in [4.78, 5) is 24.0. The van der Waals surface area contributed by atoms with Crippen molar-refractivity contribution in [2.24, 2.45) is 11.1 Å². The van der Waals surface area contributed by atoms with Gasteiger partial charge in [0, 0.05) is 13.0 Å². The van der Waals surface area contributed by atoms with E-state index in [0.717, 1.165) is 0 Å². The number of nitrogens with zero attached hydrogens (tertiary/aromatic N) is 2. The van der Waals surface area contributed by atoms with Crippen molar-refractivity contribution in [1.82, 2.24) is 4.90 Å². The lowest BCUT2D eigenvalue weighted by Gasteiger charge is -2.23. The molecule has 93 valence electrons. The number of rotatable bonds is 3. The number of halogens is 1. The highest BCUT2D eigenvalue weighted by Crippen LogP contribution is 2.27. The van der Waals surface area contributed by atoms with Gasteiger partial charge in [-0.05, 0) is 0 Å². The first kappa shape index (κ1) is 13.4. The molecule has 1 saturated heterocycles. The molecule has 1 atom stereocenters. The standard InChI is InChI=1S/C11H15FN3O2/c1-10(2,9(14)17)5-8(16)15-4-3-11(12,6-13)7-15/h5H,3-4,7H2,1-2H3,(H2,14,17)/t11-/m0/s1. The van der Waals surface area contributed by atoms with Crippen LogP contribution in [0.3, 0.4) is 0 Å². The zero-order valence-corrected chi connectivity index (χ0v) is 9.86. The lowest BCUT2D eigenvalue weighted by molar-refractivity contribution is -0.132. The van der Waals surface area contributed by atoms with Crippen molar-refractivity contribution in [2.45, 2.75) is 25.9 Å². The number of hydrogen-bond acceptors (Lipinski definition) is 3. The molecule has 0 aliphatic carbocycles. The van der Waals surface area contributed by atoms with Crippen molar-refractivity contribution in [1.29, 1.82) is 5.26 Å². The molecule has 1 heterocycles. The zero-order chi connectivity index (χ0) is 13.3. The first-order valence-corrected chi connectivity index (χ1v) is 5.25. The quantitative estimate of drug-likeness (QED) is 0.762. The summed E-state index contributed by atoms with van der Waals surface area (Å²) >= 11 is 0. The van der Waals surface area contributed by atoms with Gasteiger partial charge in [0.25, 0.3) is 0 Å². The number of hydrogen-bond donors (Lipinski definition) is 1. The summed E-state index contributed by atoms with van der Waals surface area (Å²) in [5, 5.41) is 8.60. The summed E-state index contributed by atoms with van der Waals surface area (Å²) in [5.74, 6) is -1.10. The van der Waals surface area contributed by atoms with Crippen molar-refractivity contribution in [3.63, 3.8) is 0 Å². The Balaban J connectivity index is 2.63. The summed E-state index contributed by atoms with van der Waals surface area (Å²) in [7, 11) is 0. The number of likely N-dealkylation sites (tertiary alicyclic amines) is 1. The van der Waals surface area contributed by atoms with Crippen molar-refractivity contribution in [3.8, 4) is 6.07 Å². The Morgan fingerprint density at radius 3 is 2.59 bits per heavy atom. The molecule has 1 aliphatic rings. The number of amides is 2. The number of nitriles is 1. The smallest absolute Gasteiger partial charge is 0.227 e. The Kier molecular flexibility index (Phi) is 3.41. The van der Waals surface area contributed by atoms with Crippen LogP contribution in [0.1, 0.15) is 20.3 Å². The second-order valence-corrected chi connectivity index (χ2v) is 4.82. The molecule has 1 aliphatic heterocycles.